The van der Waals surface area contributed by atoms with Crippen LogP contribution in [-0.2, 0) is 4.79 Å². The van der Waals surface area contributed by atoms with Crippen molar-refractivity contribution < 1.29 is 4.79 Å². The molecule has 4 nitrogen and oxygen atoms in total. The molecular formula is C18H35N3O. The summed E-state index contributed by atoms with van der Waals surface area (Å²) in [5.74, 6) is 1.10. The highest BCUT2D eigenvalue weighted by Gasteiger charge is 2.29. The maximum absolute atomic E-state index is 12.4. The van der Waals surface area contributed by atoms with Crippen molar-refractivity contribution in [1.82, 2.24) is 14.7 Å². The molecule has 0 aliphatic carbocycles. The second-order valence-electron chi connectivity index (χ2n) is 8.32. The molecule has 128 valence electrons. The molecule has 22 heavy (non-hydrogen) atoms. The van der Waals surface area contributed by atoms with E-state index in [1.165, 1.54) is 19.5 Å². The molecule has 1 atom stereocenters. The maximum atomic E-state index is 12.4. The lowest BCUT2D eigenvalue weighted by molar-refractivity contribution is -0.134. The minimum atomic E-state index is 0.222. The molecule has 0 N–H and O–H groups in total. The maximum Gasteiger partial charge on any atom is 0.222 e. The number of likely N-dealkylation sites (tertiary alicyclic amines) is 1. The van der Waals surface area contributed by atoms with Gasteiger partial charge in [-0.3, -0.25) is 9.69 Å². The van der Waals surface area contributed by atoms with Crippen molar-refractivity contribution in [3.8, 4) is 0 Å². The molecule has 0 spiro atoms. The van der Waals surface area contributed by atoms with Crippen LogP contribution in [0.15, 0.2) is 0 Å². The van der Waals surface area contributed by atoms with Gasteiger partial charge in [-0.05, 0) is 59.9 Å². The van der Waals surface area contributed by atoms with Crippen molar-refractivity contribution in [2.45, 2.75) is 65.5 Å². The monoisotopic (exact) mass is 309 g/mol. The van der Waals surface area contributed by atoms with Crippen LogP contribution in [0.2, 0.25) is 0 Å². The average molecular weight is 309 g/mol. The molecule has 0 aromatic rings. The summed E-state index contributed by atoms with van der Waals surface area (Å²) in [5.41, 5.74) is 0.222. The molecule has 2 aliphatic heterocycles. The van der Waals surface area contributed by atoms with E-state index in [9.17, 15) is 4.79 Å². The Morgan fingerprint density at radius 1 is 1.09 bits per heavy atom. The van der Waals surface area contributed by atoms with Crippen LogP contribution in [0.1, 0.15) is 53.9 Å². The van der Waals surface area contributed by atoms with E-state index in [0.29, 0.717) is 11.9 Å². The van der Waals surface area contributed by atoms with Gasteiger partial charge in [-0.25, -0.2) is 0 Å². The smallest absolute Gasteiger partial charge is 0.222 e. The number of rotatable bonds is 4. The van der Waals surface area contributed by atoms with Crippen LogP contribution in [0.3, 0.4) is 0 Å². The van der Waals surface area contributed by atoms with E-state index < -0.39 is 0 Å². The summed E-state index contributed by atoms with van der Waals surface area (Å²) >= 11 is 0. The van der Waals surface area contributed by atoms with Crippen molar-refractivity contribution >= 4 is 5.91 Å². The lowest BCUT2D eigenvalue weighted by Gasteiger charge is -2.42. The molecule has 0 radical (unpaired) electrons. The summed E-state index contributed by atoms with van der Waals surface area (Å²) in [4.78, 5) is 19.5. The summed E-state index contributed by atoms with van der Waals surface area (Å²) in [6.45, 7) is 17.5. The molecule has 0 bridgehead atoms. The second-order valence-corrected chi connectivity index (χ2v) is 8.32. The van der Waals surface area contributed by atoms with E-state index in [4.69, 9.17) is 0 Å². The molecule has 2 aliphatic rings. The highest BCUT2D eigenvalue weighted by Crippen LogP contribution is 2.23. The molecule has 1 amide bonds. The fourth-order valence-electron chi connectivity index (χ4n) is 3.68. The van der Waals surface area contributed by atoms with Gasteiger partial charge in [0.15, 0.2) is 0 Å². The third kappa shape index (κ3) is 4.69. The Bertz CT molecular complexity index is 367. The van der Waals surface area contributed by atoms with Gasteiger partial charge in [-0.15, -0.1) is 0 Å². The van der Waals surface area contributed by atoms with E-state index in [1.54, 1.807) is 0 Å². The Morgan fingerprint density at radius 3 is 2.23 bits per heavy atom. The Hall–Kier alpha value is -0.610. The van der Waals surface area contributed by atoms with Crippen LogP contribution < -0.4 is 0 Å². The number of hydrogen-bond donors (Lipinski definition) is 0. The highest BCUT2D eigenvalue weighted by atomic mass is 16.2. The topological polar surface area (TPSA) is 26.8 Å². The highest BCUT2D eigenvalue weighted by molar-refractivity contribution is 5.76. The zero-order chi connectivity index (χ0) is 16.3. The Labute approximate surface area is 136 Å². The van der Waals surface area contributed by atoms with Crippen LogP contribution in [0.25, 0.3) is 0 Å². The number of carbonyl (C=O) groups is 1. The van der Waals surface area contributed by atoms with Gasteiger partial charge in [0.1, 0.15) is 0 Å². The van der Waals surface area contributed by atoms with Crippen LogP contribution in [-0.4, -0.2) is 71.5 Å². The van der Waals surface area contributed by atoms with E-state index in [0.717, 1.165) is 44.9 Å². The molecule has 0 aromatic carbocycles. The van der Waals surface area contributed by atoms with Gasteiger partial charge in [0.25, 0.3) is 0 Å². The summed E-state index contributed by atoms with van der Waals surface area (Å²) in [5, 5.41) is 0. The third-order valence-electron chi connectivity index (χ3n) is 5.40. The van der Waals surface area contributed by atoms with Gasteiger partial charge in [0.2, 0.25) is 5.91 Å². The molecule has 0 aromatic heterocycles. The normalized spacial score (nSPS) is 25.2. The largest absolute Gasteiger partial charge is 0.340 e. The van der Waals surface area contributed by atoms with Gasteiger partial charge in [-0.1, -0.05) is 0 Å². The predicted molar refractivity (Wildman–Crippen MR) is 92.0 cm³/mol. The van der Waals surface area contributed by atoms with Gasteiger partial charge in [0.05, 0.1) is 0 Å². The van der Waals surface area contributed by atoms with Gasteiger partial charge in [-0.2, -0.15) is 0 Å². The molecule has 1 unspecified atom stereocenters. The second kappa shape index (κ2) is 7.31. The van der Waals surface area contributed by atoms with Gasteiger partial charge in [0, 0.05) is 50.7 Å². The first-order valence-electron chi connectivity index (χ1n) is 9.04. The first kappa shape index (κ1) is 17.7. The van der Waals surface area contributed by atoms with Crippen molar-refractivity contribution in [2.24, 2.45) is 5.92 Å². The first-order chi connectivity index (χ1) is 10.3. The lowest BCUT2D eigenvalue weighted by atomic mass is 10.0. The minimum Gasteiger partial charge on any atom is -0.340 e. The SMILES string of the molecule is CC(C)N1CCC(CCC(=O)N2CCN(C(C)(C)C)CC2)C1. The molecular weight excluding hydrogens is 274 g/mol. The fourth-order valence-corrected chi connectivity index (χ4v) is 3.68. The third-order valence-corrected chi connectivity index (χ3v) is 5.40. The summed E-state index contributed by atoms with van der Waals surface area (Å²) in [6.07, 6.45) is 3.08. The predicted octanol–water partition coefficient (Wildman–Crippen LogP) is 2.44. The van der Waals surface area contributed by atoms with E-state index >= 15 is 0 Å². The van der Waals surface area contributed by atoms with Crippen LogP contribution in [0.5, 0.6) is 0 Å². The van der Waals surface area contributed by atoms with Crippen LogP contribution in [0, 0.1) is 5.92 Å². The number of piperazine rings is 1. The van der Waals surface area contributed by atoms with Crippen molar-refractivity contribution in [3.63, 3.8) is 0 Å². The van der Waals surface area contributed by atoms with Gasteiger partial charge >= 0.3 is 0 Å². The number of nitrogens with zero attached hydrogens (tertiary/aromatic N) is 3. The zero-order valence-electron chi connectivity index (χ0n) is 15.3. The number of amides is 1. The quantitative estimate of drug-likeness (QED) is 0.798. The first-order valence-corrected chi connectivity index (χ1v) is 9.04. The summed E-state index contributed by atoms with van der Waals surface area (Å²) in [6, 6.07) is 0.645. The van der Waals surface area contributed by atoms with Crippen LogP contribution >= 0.6 is 0 Å². The number of carbonyl (C=O) groups excluding carboxylic acids is 1. The van der Waals surface area contributed by atoms with E-state index in [-0.39, 0.29) is 5.54 Å². The minimum absolute atomic E-state index is 0.222. The summed E-state index contributed by atoms with van der Waals surface area (Å²) < 4.78 is 0. The molecule has 2 rings (SSSR count). The number of hydrogen-bond acceptors (Lipinski definition) is 3. The summed E-state index contributed by atoms with van der Waals surface area (Å²) in [7, 11) is 0. The van der Waals surface area contributed by atoms with Crippen molar-refractivity contribution in [3.05, 3.63) is 0 Å². The van der Waals surface area contributed by atoms with Gasteiger partial charge < -0.3 is 9.80 Å². The van der Waals surface area contributed by atoms with E-state index in [1.807, 2.05) is 0 Å². The molecule has 0 saturated carbocycles. The lowest BCUT2D eigenvalue weighted by Crippen LogP contribution is -2.54. The average Bonchev–Trinajstić information content (AvgIpc) is 2.93. The fraction of sp³-hybridized carbons (Fsp3) is 0.944. The molecule has 2 saturated heterocycles. The molecule has 2 heterocycles. The van der Waals surface area contributed by atoms with E-state index in [2.05, 4.69) is 49.3 Å². The Morgan fingerprint density at radius 2 is 1.73 bits per heavy atom. The molecule has 2 fully saturated rings. The van der Waals surface area contributed by atoms with Crippen molar-refractivity contribution in [1.29, 1.82) is 0 Å². The molecule has 4 heteroatoms. The van der Waals surface area contributed by atoms with Crippen molar-refractivity contribution in [2.75, 3.05) is 39.3 Å². The zero-order valence-corrected chi connectivity index (χ0v) is 15.3. The Kier molecular flexibility index (Phi) is 5.89. The Balaban J connectivity index is 1.69. The van der Waals surface area contributed by atoms with Crippen LogP contribution in [0.4, 0.5) is 0 Å². The standard InChI is InChI=1S/C18H35N3O/c1-15(2)20-9-8-16(14-20)6-7-17(22)19-10-12-21(13-11-19)18(3,4)5/h15-16H,6-14H2,1-5H3.